The zero-order chi connectivity index (χ0) is 21.1. The van der Waals surface area contributed by atoms with Gasteiger partial charge in [0.2, 0.25) is 5.72 Å². The van der Waals surface area contributed by atoms with Crippen molar-refractivity contribution in [1.29, 1.82) is 0 Å². The first kappa shape index (κ1) is 22.2. The summed E-state index contributed by atoms with van der Waals surface area (Å²) in [7, 11) is 0. The van der Waals surface area contributed by atoms with E-state index in [4.69, 9.17) is 27.9 Å². The molecule has 1 saturated carbocycles. The van der Waals surface area contributed by atoms with Crippen LogP contribution in [0.15, 0.2) is 42.5 Å². The molecule has 2 aromatic rings. The fraction of sp³-hybridized carbons (Fsp3) is 0.429. The fourth-order valence-electron chi connectivity index (χ4n) is 3.49. The highest BCUT2D eigenvalue weighted by Crippen LogP contribution is 2.36. The van der Waals surface area contributed by atoms with Gasteiger partial charge in [-0.05, 0) is 48.6 Å². The van der Waals surface area contributed by atoms with Crippen LogP contribution in [0.3, 0.4) is 0 Å². The molecule has 1 unspecified atom stereocenters. The second-order valence-electron chi connectivity index (χ2n) is 7.37. The molecule has 158 valence electrons. The second-order valence-corrected chi connectivity index (χ2v) is 8.15. The van der Waals surface area contributed by atoms with Gasteiger partial charge in [-0.25, -0.2) is 0 Å². The van der Waals surface area contributed by atoms with E-state index in [9.17, 15) is 18.3 Å². The minimum atomic E-state index is -4.82. The number of benzene rings is 2. The largest absolute Gasteiger partial charge is 0.456 e. The van der Waals surface area contributed by atoms with Crippen molar-refractivity contribution in [2.45, 2.75) is 44.0 Å². The van der Waals surface area contributed by atoms with E-state index in [1.165, 1.54) is 12.1 Å². The molecule has 3 nitrogen and oxygen atoms in total. The maximum absolute atomic E-state index is 13.6. The van der Waals surface area contributed by atoms with Crippen LogP contribution in [-0.4, -0.2) is 23.6 Å². The molecule has 1 atom stereocenters. The minimum Gasteiger partial charge on any atom is -0.456 e. The molecule has 3 rings (SSSR count). The van der Waals surface area contributed by atoms with Crippen LogP contribution in [0.1, 0.15) is 31.2 Å². The first-order valence-corrected chi connectivity index (χ1v) is 10.2. The molecule has 1 aliphatic carbocycles. The number of hydrogen-bond acceptors (Lipinski definition) is 3. The van der Waals surface area contributed by atoms with Crippen molar-refractivity contribution in [2.24, 2.45) is 5.92 Å². The number of nitrogens with one attached hydrogen (secondary N) is 1. The minimum absolute atomic E-state index is 0.129. The molecule has 0 aromatic heterocycles. The molecule has 2 N–H and O–H groups in total. The van der Waals surface area contributed by atoms with Crippen molar-refractivity contribution in [3.05, 3.63) is 58.1 Å². The predicted molar refractivity (Wildman–Crippen MR) is 108 cm³/mol. The van der Waals surface area contributed by atoms with Crippen molar-refractivity contribution in [2.75, 3.05) is 6.54 Å². The Bertz CT molecular complexity index is 841. The molecule has 0 saturated heterocycles. The van der Waals surface area contributed by atoms with Crippen LogP contribution in [0.2, 0.25) is 10.0 Å². The van der Waals surface area contributed by atoms with Gasteiger partial charge in [0.25, 0.3) is 0 Å². The highest BCUT2D eigenvalue weighted by atomic mass is 35.5. The van der Waals surface area contributed by atoms with Crippen LogP contribution >= 0.6 is 23.2 Å². The molecule has 2 aromatic carbocycles. The lowest BCUT2D eigenvalue weighted by molar-refractivity contribution is -0.273. The summed E-state index contributed by atoms with van der Waals surface area (Å²) in [6.07, 6.45) is -1.66. The number of aliphatic hydroxyl groups is 1. The quantitative estimate of drug-likeness (QED) is 0.485. The third-order valence-electron chi connectivity index (χ3n) is 5.13. The van der Waals surface area contributed by atoms with E-state index in [2.05, 4.69) is 5.32 Å². The summed E-state index contributed by atoms with van der Waals surface area (Å²) < 4.78 is 46.6. The Morgan fingerprint density at radius 3 is 2.45 bits per heavy atom. The fourth-order valence-corrected chi connectivity index (χ4v) is 3.83. The SMILES string of the molecule is OC(Cc1cccc(Oc2cccc(Cl)c2Cl)c1)(NCC1CCCC1)C(F)(F)F. The van der Waals surface area contributed by atoms with Gasteiger partial charge in [0.05, 0.1) is 5.02 Å². The monoisotopic (exact) mass is 447 g/mol. The summed E-state index contributed by atoms with van der Waals surface area (Å²) in [4.78, 5) is 0. The van der Waals surface area contributed by atoms with Gasteiger partial charge in [-0.15, -0.1) is 0 Å². The van der Waals surface area contributed by atoms with Gasteiger partial charge in [0.1, 0.15) is 16.5 Å². The molecule has 0 bridgehead atoms. The van der Waals surface area contributed by atoms with Crippen LogP contribution in [0.25, 0.3) is 0 Å². The Kier molecular flexibility index (Phi) is 6.99. The van der Waals surface area contributed by atoms with Crippen molar-refractivity contribution in [3.63, 3.8) is 0 Å². The first-order chi connectivity index (χ1) is 13.7. The zero-order valence-corrected chi connectivity index (χ0v) is 17.1. The predicted octanol–water partition coefficient (Wildman–Crippen LogP) is 6.36. The molecular formula is C21H22Cl2F3NO2. The van der Waals surface area contributed by atoms with Crippen LogP contribution in [0.4, 0.5) is 13.2 Å². The number of alkyl halides is 3. The second kappa shape index (κ2) is 9.13. The van der Waals surface area contributed by atoms with Crippen LogP contribution < -0.4 is 10.1 Å². The average Bonchev–Trinajstić information content (AvgIpc) is 3.17. The van der Waals surface area contributed by atoms with Crippen molar-refractivity contribution >= 4 is 23.2 Å². The standard InChI is InChI=1S/C21H22Cl2F3NO2/c22-17-9-4-10-18(19(17)23)29-16-8-3-7-15(11-16)12-20(28,21(24,25)26)27-13-14-5-1-2-6-14/h3-4,7-11,14,27-28H,1-2,5-6,12-13H2. The first-order valence-electron chi connectivity index (χ1n) is 9.43. The highest BCUT2D eigenvalue weighted by molar-refractivity contribution is 6.42. The van der Waals surface area contributed by atoms with Gasteiger partial charge in [-0.3, -0.25) is 5.32 Å². The summed E-state index contributed by atoms with van der Waals surface area (Å²) >= 11 is 12.1. The van der Waals surface area contributed by atoms with Gasteiger partial charge in [0, 0.05) is 13.0 Å². The molecule has 29 heavy (non-hydrogen) atoms. The third-order valence-corrected chi connectivity index (χ3v) is 5.93. The third kappa shape index (κ3) is 5.57. The number of rotatable bonds is 7. The molecule has 0 amide bonds. The van der Waals surface area contributed by atoms with Crippen molar-refractivity contribution in [3.8, 4) is 11.5 Å². The lowest BCUT2D eigenvalue weighted by Gasteiger charge is -2.32. The van der Waals surface area contributed by atoms with Gasteiger partial charge in [-0.1, -0.05) is 54.2 Å². The van der Waals surface area contributed by atoms with Gasteiger partial charge >= 0.3 is 6.18 Å². The van der Waals surface area contributed by atoms with Crippen LogP contribution in [-0.2, 0) is 6.42 Å². The van der Waals surface area contributed by atoms with E-state index < -0.39 is 18.3 Å². The van der Waals surface area contributed by atoms with Crippen molar-refractivity contribution < 1.29 is 23.0 Å². The molecule has 0 radical (unpaired) electrons. The van der Waals surface area contributed by atoms with Gasteiger partial charge < -0.3 is 9.84 Å². The number of halogens is 5. The smallest absolute Gasteiger partial charge is 0.431 e. The molecule has 0 heterocycles. The molecule has 0 aliphatic heterocycles. The maximum Gasteiger partial charge on any atom is 0.431 e. The average molecular weight is 448 g/mol. The highest BCUT2D eigenvalue weighted by Gasteiger charge is 2.53. The Balaban J connectivity index is 1.75. The maximum atomic E-state index is 13.6. The lowest BCUT2D eigenvalue weighted by Crippen LogP contribution is -2.59. The zero-order valence-electron chi connectivity index (χ0n) is 15.6. The van der Waals surface area contributed by atoms with Gasteiger partial charge in [-0.2, -0.15) is 13.2 Å². The number of ether oxygens (including phenoxy) is 1. The van der Waals surface area contributed by atoms with E-state index in [0.717, 1.165) is 25.7 Å². The normalized spacial score (nSPS) is 17.3. The van der Waals surface area contributed by atoms with Crippen LogP contribution in [0, 0.1) is 5.92 Å². The molecule has 1 aliphatic rings. The van der Waals surface area contributed by atoms with E-state index in [-0.39, 0.29) is 23.0 Å². The molecule has 1 fully saturated rings. The summed E-state index contributed by atoms with van der Waals surface area (Å²) in [5.41, 5.74) is -2.73. The van der Waals surface area contributed by atoms with E-state index in [1.54, 1.807) is 30.3 Å². The lowest BCUT2D eigenvalue weighted by atomic mass is 10.00. The molecule has 8 heteroatoms. The van der Waals surface area contributed by atoms with E-state index >= 15 is 0 Å². The topological polar surface area (TPSA) is 41.5 Å². The number of hydrogen-bond donors (Lipinski definition) is 2. The molecule has 0 spiro atoms. The van der Waals surface area contributed by atoms with Crippen molar-refractivity contribution in [1.82, 2.24) is 5.32 Å². The van der Waals surface area contributed by atoms with Gasteiger partial charge in [0.15, 0.2) is 0 Å². The van der Waals surface area contributed by atoms with E-state index in [0.29, 0.717) is 16.5 Å². The van der Waals surface area contributed by atoms with E-state index in [1.807, 2.05) is 0 Å². The summed E-state index contributed by atoms with van der Waals surface area (Å²) in [6.45, 7) is 0.129. The van der Waals surface area contributed by atoms with Crippen LogP contribution in [0.5, 0.6) is 11.5 Å². The Hall–Kier alpha value is -1.47. The Morgan fingerprint density at radius 1 is 1.07 bits per heavy atom. The Morgan fingerprint density at radius 2 is 1.76 bits per heavy atom. The summed E-state index contributed by atoms with van der Waals surface area (Å²) in [5, 5.41) is 13.3. The Labute approximate surface area is 177 Å². The molecular weight excluding hydrogens is 426 g/mol. The summed E-state index contributed by atoms with van der Waals surface area (Å²) in [6, 6.07) is 11.0. The summed E-state index contributed by atoms with van der Waals surface area (Å²) in [5.74, 6) is 0.747.